The Morgan fingerprint density at radius 3 is 2.39 bits per heavy atom. The minimum atomic E-state index is -3.46. The summed E-state index contributed by atoms with van der Waals surface area (Å²) in [6.45, 7) is 7.34. The first-order valence-electron chi connectivity index (χ1n) is 8.65. The molecule has 0 radical (unpaired) electrons. The molecule has 2 fully saturated rings. The van der Waals surface area contributed by atoms with Gasteiger partial charge in [0.05, 0.1) is 11.4 Å². The number of sulfonamides is 1. The zero-order valence-corrected chi connectivity index (χ0v) is 15.3. The summed E-state index contributed by atoms with van der Waals surface area (Å²) in [6, 6.07) is 0.108. The van der Waals surface area contributed by atoms with E-state index >= 15 is 0 Å². The van der Waals surface area contributed by atoms with E-state index in [2.05, 4.69) is 10.00 Å². The van der Waals surface area contributed by atoms with Crippen molar-refractivity contribution >= 4 is 10.0 Å². The van der Waals surface area contributed by atoms with E-state index in [1.807, 2.05) is 6.92 Å². The molecule has 2 aliphatic heterocycles. The third-order valence-electron chi connectivity index (χ3n) is 5.25. The fourth-order valence-corrected chi connectivity index (χ4v) is 6.08. The molecular formula is C16H28N4O2S. The normalized spacial score (nSPS) is 24.4. The van der Waals surface area contributed by atoms with Crippen molar-refractivity contribution in [2.24, 2.45) is 7.05 Å². The Morgan fingerprint density at radius 1 is 1.09 bits per heavy atom. The van der Waals surface area contributed by atoms with Gasteiger partial charge in [0.2, 0.25) is 10.0 Å². The predicted octanol–water partition coefficient (Wildman–Crippen LogP) is 1.68. The van der Waals surface area contributed by atoms with Crippen molar-refractivity contribution in [1.82, 2.24) is 19.0 Å². The van der Waals surface area contributed by atoms with Crippen LogP contribution in [-0.4, -0.2) is 59.6 Å². The van der Waals surface area contributed by atoms with E-state index in [1.165, 1.54) is 19.3 Å². The highest BCUT2D eigenvalue weighted by Crippen LogP contribution is 2.30. The van der Waals surface area contributed by atoms with Crippen molar-refractivity contribution in [3.05, 3.63) is 11.4 Å². The lowest BCUT2D eigenvalue weighted by Gasteiger charge is -2.32. The Kier molecular flexibility index (Phi) is 4.80. The Hall–Kier alpha value is -0.920. The number of piperidine rings is 1. The monoisotopic (exact) mass is 340 g/mol. The lowest BCUT2D eigenvalue weighted by molar-refractivity contribution is 0.189. The fraction of sp³-hybridized carbons (Fsp3) is 0.812. The van der Waals surface area contributed by atoms with Gasteiger partial charge in [-0.2, -0.15) is 9.40 Å². The van der Waals surface area contributed by atoms with Crippen molar-refractivity contribution in [2.75, 3.05) is 26.2 Å². The molecule has 3 heterocycles. The van der Waals surface area contributed by atoms with E-state index in [1.54, 1.807) is 23.0 Å². The number of nitrogens with zero attached hydrogens (tertiary/aromatic N) is 4. The van der Waals surface area contributed by atoms with Crippen LogP contribution in [0.15, 0.2) is 4.90 Å². The Bertz CT molecular complexity index is 662. The zero-order valence-electron chi connectivity index (χ0n) is 14.5. The second-order valence-electron chi connectivity index (χ2n) is 6.90. The minimum absolute atomic E-state index is 0.108. The van der Waals surface area contributed by atoms with Crippen LogP contribution < -0.4 is 0 Å². The van der Waals surface area contributed by atoms with Gasteiger partial charge >= 0.3 is 0 Å². The Labute approximate surface area is 139 Å². The molecule has 23 heavy (non-hydrogen) atoms. The summed E-state index contributed by atoms with van der Waals surface area (Å²) in [5, 5.41) is 4.29. The van der Waals surface area contributed by atoms with Gasteiger partial charge in [-0.25, -0.2) is 8.42 Å². The first-order chi connectivity index (χ1) is 10.9. The van der Waals surface area contributed by atoms with Crippen LogP contribution in [0, 0.1) is 13.8 Å². The summed E-state index contributed by atoms with van der Waals surface area (Å²) in [5.74, 6) is 0. The Morgan fingerprint density at radius 2 is 1.78 bits per heavy atom. The summed E-state index contributed by atoms with van der Waals surface area (Å²) in [6.07, 6.45) is 5.70. The van der Waals surface area contributed by atoms with Crippen LogP contribution in [0.3, 0.4) is 0 Å². The van der Waals surface area contributed by atoms with E-state index in [0.29, 0.717) is 17.1 Å². The molecule has 0 N–H and O–H groups in total. The molecule has 0 saturated carbocycles. The molecule has 3 rings (SSSR count). The van der Waals surface area contributed by atoms with E-state index in [4.69, 9.17) is 0 Å². The number of hydrogen-bond donors (Lipinski definition) is 0. The standard InChI is InChI=1S/C16H28N4O2S/c1-13-16(14(2)18(3)17-13)23(21,22)20-11-7-8-15(20)12-19-9-5-4-6-10-19/h15H,4-12H2,1-3H3. The second kappa shape index (κ2) is 6.53. The molecule has 130 valence electrons. The van der Waals surface area contributed by atoms with Gasteiger partial charge in [0.25, 0.3) is 0 Å². The van der Waals surface area contributed by atoms with Gasteiger partial charge in [0.15, 0.2) is 0 Å². The summed E-state index contributed by atoms with van der Waals surface area (Å²) >= 11 is 0. The topological polar surface area (TPSA) is 58.4 Å². The van der Waals surface area contributed by atoms with Gasteiger partial charge in [-0.1, -0.05) is 6.42 Å². The lowest BCUT2D eigenvalue weighted by Crippen LogP contribution is -2.44. The molecule has 0 spiro atoms. The van der Waals surface area contributed by atoms with Crippen LogP contribution in [0.1, 0.15) is 43.5 Å². The number of hydrogen-bond acceptors (Lipinski definition) is 4. The third kappa shape index (κ3) is 3.19. The van der Waals surface area contributed by atoms with Crippen LogP contribution in [0.2, 0.25) is 0 Å². The summed E-state index contributed by atoms with van der Waals surface area (Å²) in [7, 11) is -1.65. The molecule has 1 aromatic heterocycles. The maximum absolute atomic E-state index is 13.2. The summed E-state index contributed by atoms with van der Waals surface area (Å²) < 4.78 is 29.8. The van der Waals surface area contributed by atoms with Gasteiger partial charge in [-0.3, -0.25) is 4.68 Å². The van der Waals surface area contributed by atoms with Crippen molar-refractivity contribution in [3.63, 3.8) is 0 Å². The van der Waals surface area contributed by atoms with Crippen molar-refractivity contribution in [1.29, 1.82) is 0 Å². The molecular weight excluding hydrogens is 312 g/mol. The maximum Gasteiger partial charge on any atom is 0.247 e. The molecule has 1 aromatic rings. The third-order valence-corrected chi connectivity index (χ3v) is 7.45. The lowest BCUT2D eigenvalue weighted by atomic mass is 10.1. The first-order valence-corrected chi connectivity index (χ1v) is 10.1. The molecule has 2 saturated heterocycles. The average Bonchev–Trinajstić information content (AvgIpc) is 3.06. The van der Waals surface area contributed by atoms with E-state index in [-0.39, 0.29) is 6.04 Å². The van der Waals surface area contributed by atoms with Gasteiger partial charge < -0.3 is 4.90 Å². The minimum Gasteiger partial charge on any atom is -0.302 e. The van der Waals surface area contributed by atoms with Crippen molar-refractivity contribution < 1.29 is 8.42 Å². The SMILES string of the molecule is Cc1nn(C)c(C)c1S(=O)(=O)N1CCCC1CN1CCCCC1. The number of likely N-dealkylation sites (tertiary alicyclic amines) is 1. The maximum atomic E-state index is 13.2. The predicted molar refractivity (Wildman–Crippen MR) is 89.9 cm³/mol. The van der Waals surface area contributed by atoms with Gasteiger partial charge in [0, 0.05) is 26.2 Å². The van der Waals surface area contributed by atoms with Crippen LogP contribution in [0.4, 0.5) is 0 Å². The van der Waals surface area contributed by atoms with Gasteiger partial charge in [0.1, 0.15) is 4.90 Å². The molecule has 6 nitrogen and oxygen atoms in total. The zero-order chi connectivity index (χ0) is 16.6. The smallest absolute Gasteiger partial charge is 0.247 e. The molecule has 0 amide bonds. The summed E-state index contributed by atoms with van der Waals surface area (Å²) in [4.78, 5) is 2.84. The molecule has 2 aliphatic rings. The Balaban J connectivity index is 1.83. The van der Waals surface area contributed by atoms with Gasteiger partial charge in [-0.05, 0) is 52.6 Å². The highest BCUT2D eigenvalue weighted by atomic mass is 32.2. The van der Waals surface area contributed by atoms with Crippen LogP contribution in [0.5, 0.6) is 0 Å². The largest absolute Gasteiger partial charge is 0.302 e. The van der Waals surface area contributed by atoms with Crippen LogP contribution in [-0.2, 0) is 17.1 Å². The number of aryl methyl sites for hydroxylation is 2. The highest BCUT2D eigenvalue weighted by Gasteiger charge is 2.38. The summed E-state index contributed by atoms with van der Waals surface area (Å²) in [5.41, 5.74) is 1.33. The second-order valence-corrected chi connectivity index (χ2v) is 8.72. The van der Waals surface area contributed by atoms with E-state index < -0.39 is 10.0 Å². The first kappa shape index (κ1) is 16.9. The number of rotatable bonds is 4. The molecule has 0 aromatic carbocycles. The average molecular weight is 340 g/mol. The molecule has 0 aliphatic carbocycles. The molecule has 0 bridgehead atoms. The van der Waals surface area contributed by atoms with Crippen molar-refractivity contribution in [3.8, 4) is 0 Å². The molecule has 7 heteroatoms. The highest BCUT2D eigenvalue weighted by molar-refractivity contribution is 7.89. The quantitative estimate of drug-likeness (QED) is 0.837. The molecule has 1 atom stereocenters. The van der Waals surface area contributed by atoms with E-state index in [9.17, 15) is 8.42 Å². The van der Waals surface area contributed by atoms with Gasteiger partial charge in [-0.15, -0.1) is 0 Å². The van der Waals surface area contributed by atoms with E-state index in [0.717, 1.165) is 38.2 Å². The molecule has 1 unspecified atom stereocenters. The van der Waals surface area contributed by atoms with Crippen LogP contribution in [0.25, 0.3) is 0 Å². The van der Waals surface area contributed by atoms with Crippen LogP contribution >= 0.6 is 0 Å². The number of aromatic nitrogens is 2. The fourth-order valence-electron chi connectivity index (χ4n) is 3.99. The van der Waals surface area contributed by atoms with Crippen molar-refractivity contribution in [2.45, 2.75) is 56.9 Å².